The van der Waals surface area contributed by atoms with Crippen LogP contribution >= 0.6 is 0 Å². The van der Waals surface area contributed by atoms with E-state index in [1.54, 1.807) is 12.1 Å². The van der Waals surface area contributed by atoms with E-state index in [0.29, 0.717) is 12.1 Å². The lowest BCUT2D eigenvalue weighted by Crippen LogP contribution is -2.42. The maximum absolute atomic E-state index is 15.0. The summed E-state index contributed by atoms with van der Waals surface area (Å²) in [4.78, 5) is 0. The molecule has 0 heterocycles. The fourth-order valence-electron chi connectivity index (χ4n) is 5.84. The lowest BCUT2D eigenvalue weighted by molar-refractivity contribution is -0.314. The molecule has 2 saturated carbocycles. The zero-order chi connectivity index (χ0) is 33.7. The highest BCUT2D eigenvalue weighted by atomic mass is 19.3. The minimum atomic E-state index is -3.95. The minimum Gasteiger partial charge on any atom is -0.453 e. The summed E-state index contributed by atoms with van der Waals surface area (Å²) in [6, 6.07) is 6.48. The van der Waals surface area contributed by atoms with E-state index in [4.69, 9.17) is 9.47 Å². The summed E-state index contributed by atoms with van der Waals surface area (Å²) in [5.74, 6) is -8.06. The van der Waals surface area contributed by atoms with Crippen LogP contribution in [0.15, 0.2) is 48.7 Å². The molecule has 4 nitrogen and oxygen atoms in total. The molecule has 0 aromatic heterocycles. The second kappa shape index (κ2) is 14.8. The minimum absolute atomic E-state index is 0.0405. The Kier molecular flexibility index (Phi) is 11.6. The molecule has 2 fully saturated rings. The van der Waals surface area contributed by atoms with Crippen molar-refractivity contribution in [3.05, 3.63) is 71.5 Å². The van der Waals surface area contributed by atoms with Crippen LogP contribution in [0.25, 0.3) is 0 Å². The molecule has 14 heteroatoms. The largest absolute Gasteiger partial charge is 0.453 e. The highest BCUT2D eigenvalue weighted by Crippen LogP contribution is 2.45. The Balaban J connectivity index is 1.24. The first-order valence-electron chi connectivity index (χ1n) is 15.0. The standard InChI is InChI=1S/C32H34F10O4/c1-2-3-19-4-6-20(7-5-19)30(37,38)44-23-12-8-21(9-13-23)31(39,40)45-24-14-10-22(11-15-24)32(41,42)46-25-16-26(33)29(27(34)17-25)43-18-28(35)36/h4-7,16-18,21-24H,2-3,8-15H2,1H3. The molecule has 0 spiro atoms. The van der Waals surface area contributed by atoms with Crippen molar-refractivity contribution >= 4 is 0 Å². The van der Waals surface area contributed by atoms with Gasteiger partial charge in [0.25, 0.3) is 0 Å². The van der Waals surface area contributed by atoms with Gasteiger partial charge in [-0.25, -0.2) is 8.78 Å². The number of hydrogen-bond donors (Lipinski definition) is 0. The first-order valence-corrected chi connectivity index (χ1v) is 15.0. The Morgan fingerprint density at radius 2 is 1.24 bits per heavy atom. The monoisotopic (exact) mass is 672 g/mol. The van der Waals surface area contributed by atoms with Crippen molar-refractivity contribution in [1.29, 1.82) is 0 Å². The van der Waals surface area contributed by atoms with Gasteiger partial charge in [0.05, 0.1) is 29.6 Å². The van der Waals surface area contributed by atoms with Crippen LogP contribution in [0.5, 0.6) is 11.5 Å². The normalized spacial score (nSPS) is 22.8. The lowest BCUT2D eigenvalue weighted by Gasteiger charge is -2.38. The van der Waals surface area contributed by atoms with Crippen LogP contribution in [0, 0.1) is 23.5 Å². The zero-order valence-corrected chi connectivity index (χ0v) is 24.8. The molecule has 2 aliphatic carbocycles. The Bertz CT molecular complexity index is 1290. The molecule has 2 aromatic carbocycles. The van der Waals surface area contributed by atoms with Crippen molar-refractivity contribution < 1.29 is 62.9 Å². The van der Waals surface area contributed by atoms with Crippen LogP contribution in [0.3, 0.4) is 0 Å². The van der Waals surface area contributed by atoms with E-state index in [1.807, 2.05) is 6.92 Å². The first kappa shape index (κ1) is 35.8. The molecular formula is C32H34F10O4. The third-order valence-corrected chi connectivity index (χ3v) is 8.26. The average molecular weight is 673 g/mol. The average Bonchev–Trinajstić information content (AvgIpc) is 2.97. The maximum atomic E-state index is 15.0. The molecule has 2 aliphatic rings. The Hall–Kier alpha value is -3.00. The van der Waals surface area contributed by atoms with Crippen molar-refractivity contribution in [2.75, 3.05) is 0 Å². The second-order valence-electron chi connectivity index (χ2n) is 11.6. The molecule has 0 saturated heterocycles. The number of hydrogen-bond acceptors (Lipinski definition) is 4. The third-order valence-electron chi connectivity index (χ3n) is 8.26. The van der Waals surface area contributed by atoms with E-state index >= 15 is 8.78 Å². The first-order chi connectivity index (χ1) is 21.6. The van der Waals surface area contributed by atoms with Crippen LogP contribution in [0.4, 0.5) is 43.9 Å². The number of rotatable bonds is 13. The van der Waals surface area contributed by atoms with Gasteiger partial charge in [0.1, 0.15) is 5.75 Å². The summed E-state index contributed by atoms with van der Waals surface area (Å²) in [5.41, 5.74) is 0.596. The molecule has 2 aromatic rings. The van der Waals surface area contributed by atoms with Crippen LogP contribution in [0.1, 0.15) is 75.8 Å². The van der Waals surface area contributed by atoms with Gasteiger partial charge in [-0.05, 0) is 63.4 Å². The number of aryl methyl sites for hydroxylation is 1. The number of ether oxygens (including phenoxy) is 4. The Morgan fingerprint density at radius 3 is 1.74 bits per heavy atom. The van der Waals surface area contributed by atoms with Crippen LogP contribution < -0.4 is 9.47 Å². The SMILES string of the molecule is CCCc1ccc(C(F)(F)OC2CCC(C(F)(F)OC3CCC(C(F)(F)Oc4cc(F)c(OC=C(F)F)c(F)c4)CC3)CC2)cc1. The number of halogens is 10. The third kappa shape index (κ3) is 9.30. The molecule has 256 valence electrons. The molecule has 46 heavy (non-hydrogen) atoms. The fourth-order valence-corrected chi connectivity index (χ4v) is 5.84. The highest BCUT2D eigenvalue weighted by Gasteiger charge is 2.49. The van der Waals surface area contributed by atoms with Gasteiger partial charge in [-0.15, -0.1) is 0 Å². The van der Waals surface area contributed by atoms with Crippen molar-refractivity contribution in [3.63, 3.8) is 0 Å². The number of benzene rings is 2. The van der Waals surface area contributed by atoms with Crippen LogP contribution in [-0.4, -0.2) is 24.4 Å². The molecule has 0 amide bonds. The molecule has 0 N–H and O–H groups in total. The van der Waals surface area contributed by atoms with Crippen LogP contribution in [0.2, 0.25) is 0 Å². The summed E-state index contributed by atoms with van der Waals surface area (Å²) in [5, 5.41) is 0. The van der Waals surface area contributed by atoms with E-state index in [2.05, 4.69) is 9.47 Å². The van der Waals surface area contributed by atoms with Crippen molar-refractivity contribution in [3.8, 4) is 11.5 Å². The maximum Gasteiger partial charge on any atom is 0.400 e. The van der Waals surface area contributed by atoms with Gasteiger partial charge in [-0.1, -0.05) is 37.6 Å². The van der Waals surface area contributed by atoms with E-state index in [9.17, 15) is 35.1 Å². The van der Waals surface area contributed by atoms with Gasteiger partial charge in [0.2, 0.25) is 0 Å². The van der Waals surface area contributed by atoms with Crippen molar-refractivity contribution in [2.45, 2.75) is 102 Å². The predicted octanol–water partition coefficient (Wildman–Crippen LogP) is 10.5. The van der Waals surface area contributed by atoms with Gasteiger partial charge >= 0.3 is 24.4 Å². The number of alkyl halides is 6. The summed E-state index contributed by atoms with van der Waals surface area (Å²) >= 11 is 0. The fraction of sp³-hybridized carbons (Fsp3) is 0.562. The van der Waals surface area contributed by atoms with Gasteiger partial charge < -0.3 is 18.9 Å². The summed E-state index contributed by atoms with van der Waals surface area (Å²) in [6.07, 6.45) is -15.5. The Morgan fingerprint density at radius 1 is 0.739 bits per heavy atom. The summed E-state index contributed by atoms with van der Waals surface area (Å²) in [7, 11) is 0. The Labute approximate surface area is 259 Å². The quantitative estimate of drug-likeness (QED) is 0.157. The lowest BCUT2D eigenvalue weighted by atomic mass is 9.85. The summed E-state index contributed by atoms with van der Waals surface area (Å²) in [6.45, 7) is 1.97. The molecule has 0 atom stereocenters. The molecule has 0 bridgehead atoms. The van der Waals surface area contributed by atoms with Crippen molar-refractivity contribution in [2.24, 2.45) is 11.8 Å². The zero-order valence-electron chi connectivity index (χ0n) is 24.8. The smallest absolute Gasteiger partial charge is 0.400 e. The van der Waals surface area contributed by atoms with Gasteiger partial charge in [0.15, 0.2) is 23.6 Å². The van der Waals surface area contributed by atoms with E-state index in [-0.39, 0.29) is 63.2 Å². The second-order valence-corrected chi connectivity index (χ2v) is 11.6. The predicted molar refractivity (Wildman–Crippen MR) is 146 cm³/mol. The van der Waals surface area contributed by atoms with Crippen molar-refractivity contribution in [1.82, 2.24) is 0 Å². The molecular weight excluding hydrogens is 638 g/mol. The topological polar surface area (TPSA) is 36.9 Å². The molecule has 0 unspecified atom stereocenters. The summed E-state index contributed by atoms with van der Waals surface area (Å²) < 4.78 is 160. The van der Waals surface area contributed by atoms with Gasteiger partial charge in [0, 0.05) is 12.1 Å². The van der Waals surface area contributed by atoms with Crippen LogP contribution in [-0.2, 0) is 22.0 Å². The van der Waals surface area contributed by atoms with E-state index in [0.717, 1.165) is 18.4 Å². The molecule has 0 radical (unpaired) electrons. The van der Waals surface area contributed by atoms with E-state index < -0.39 is 71.6 Å². The van der Waals surface area contributed by atoms with Gasteiger partial charge in [-0.3, -0.25) is 0 Å². The highest BCUT2D eigenvalue weighted by molar-refractivity contribution is 5.35. The van der Waals surface area contributed by atoms with E-state index in [1.165, 1.54) is 12.1 Å². The molecule has 4 rings (SSSR count). The molecule has 0 aliphatic heterocycles. The van der Waals surface area contributed by atoms with Gasteiger partial charge in [-0.2, -0.15) is 35.1 Å².